The number of carbonyl (C=O) groups is 1. The third kappa shape index (κ3) is 4.68. The fourth-order valence-corrected chi connectivity index (χ4v) is 5.82. The summed E-state index contributed by atoms with van der Waals surface area (Å²) in [5.41, 5.74) is 0.213. The second-order valence-electron chi connectivity index (χ2n) is 7.13. The Morgan fingerprint density at radius 1 is 1.19 bits per heavy atom. The van der Waals surface area contributed by atoms with Gasteiger partial charge < -0.3 is 10.2 Å². The van der Waals surface area contributed by atoms with Crippen molar-refractivity contribution in [2.75, 3.05) is 23.4 Å². The number of sulfone groups is 1. The molecule has 2 fully saturated rings. The molecule has 1 aromatic carbocycles. The molecule has 0 bridgehead atoms. The van der Waals surface area contributed by atoms with Gasteiger partial charge in [0.1, 0.15) is 5.82 Å². The maximum atomic E-state index is 13.9. The molecule has 1 aromatic rings. The van der Waals surface area contributed by atoms with Crippen molar-refractivity contribution in [3.05, 3.63) is 29.0 Å². The van der Waals surface area contributed by atoms with Gasteiger partial charge in [0, 0.05) is 17.1 Å². The van der Waals surface area contributed by atoms with Crippen LogP contribution in [0, 0.1) is 5.82 Å². The summed E-state index contributed by atoms with van der Waals surface area (Å²) in [6, 6.07) is 4.05. The van der Waals surface area contributed by atoms with Crippen LogP contribution in [0.1, 0.15) is 38.5 Å². The summed E-state index contributed by atoms with van der Waals surface area (Å²) in [4.78, 5) is 14.7. The molecule has 3 rings (SSSR count). The minimum absolute atomic E-state index is 0.0323. The minimum Gasteiger partial charge on any atom is -0.374 e. The molecule has 5 nitrogen and oxygen atoms in total. The van der Waals surface area contributed by atoms with Gasteiger partial charge in [0.25, 0.3) is 0 Å². The number of amides is 1. The van der Waals surface area contributed by atoms with Crippen LogP contribution in [-0.2, 0) is 14.6 Å². The van der Waals surface area contributed by atoms with Crippen molar-refractivity contribution >= 4 is 33.0 Å². The zero-order chi connectivity index (χ0) is 18.7. The highest BCUT2D eigenvalue weighted by Crippen LogP contribution is 2.28. The first kappa shape index (κ1) is 19.4. The molecule has 1 unspecified atom stereocenters. The van der Waals surface area contributed by atoms with E-state index in [-0.39, 0.29) is 41.7 Å². The average molecular weight is 403 g/mol. The highest BCUT2D eigenvalue weighted by Gasteiger charge is 2.38. The number of rotatable bonds is 5. The topological polar surface area (TPSA) is 66.5 Å². The van der Waals surface area contributed by atoms with Crippen LogP contribution < -0.4 is 5.32 Å². The van der Waals surface area contributed by atoms with Gasteiger partial charge in [-0.25, -0.2) is 12.8 Å². The van der Waals surface area contributed by atoms with Gasteiger partial charge in [0.05, 0.1) is 23.7 Å². The Hall–Kier alpha value is -1.34. The number of halogens is 2. The molecule has 26 heavy (non-hydrogen) atoms. The largest absolute Gasteiger partial charge is 0.374 e. The molecule has 1 aliphatic heterocycles. The van der Waals surface area contributed by atoms with Crippen LogP contribution in [0.25, 0.3) is 0 Å². The standard InChI is InChI=1S/C18H24ClFN2O3S/c19-13-6-7-17(16(20)10-13)21-11-18(23)22(14-4-2-1-3-5-14)15-8-9-26(24,25)12-15/h6-7,10,14-15,21H,1-5,8-9,11-12H2. The molecule has 144 valence electrons. The van der Waals surface area contributed by atoms with E-state index in [1.807, 2.05) is 0 Å². The predicted molar refractivity (Wildman–Crippen MR) is 101 cm³/mol. The normalized spacial score (nSPS) is 22.9. The third-order valence-corrected chi connectivity index (χ3v) is 7.20. The third-order valence-electron chi connectivity index (χ3n) is 5.22. The number of nitrogens with zero attached hydrogens (tertiary/aromatic N) is 1. The van der Waals surface area contributed by atoms with Crippen molar-refractivity contribution in [1.29, 1.82) is 0 Å². The molecular weight excluding hydrogens is 379 g/mol. The van der Waals surface area contributed by atoms with Gasteiger partial charge in [0.15, 0.2) is 9.84 Å². The number of carbonyl (C=O) groups excluding carboxylic acids is 1. The first-order chi connectivity index (χ1) is 12.4. The van der Waals surface area contributed by atoms with Crippen molar-refractivity contribution in [3.63, 3.8) is 0 Å². The van der Waals surface area contributed by atoms with Crippen molar-refractivity contribution < 1.29 is 17.6 Å². The molecule has 1 aliphatic carbocycles. The molecule has 0 spiro atoms. The molecule has 1 amide bonds. The SMILES string of the molecule is O=C(CNc1ccc(Cl)cc1F)N(C1CCCCC1)C1CCS(=O)(=O)C1. The second-order valence-corrected chi connectivity index (χ2v) is 9.79. The lowest BCUT2D eigenvalue weighted by Crippen LogP contribution is -2.50. The quantitative estimate of drug-likeness (QED) is 0.821. The van der Waals surface area contributed by atoms with Gasteiger partial charge in [-0.3, -0.25) is 4.79 Å². The number of hydrogen-bond acceptors (Lipinski definition) is 4. The smallest absolute Gasteiger partial charge is 0.242 e. The Morgan fingerprint density at radius 2 is 1.92 bits per heavy atom. The Labute approximate surface area is 158 Å². The Bertz CT molecular complexity index is 766. The van der Waals surface area contributed by atoms with Crippen LogP contribution in [0.3, 0.4) is 0 Å². The highest BCUT2D eigenvalue weighted by molar-refractivity contribution is 7.91. The number of anilines is 1. The van der Waals surface area contributed by atoms with Crippen molar-refractivity contribution in [2.45, 2.75) is 50.6 Å². The second kappa shape index (κ2) is 8.13. The molecule has 8 heteroatoms. The molecular formula is C18H24ClFN2O3S. The van der Waals surface area contributed by atoms with Gasteiger partial charge >= 0.3 is 0 Å². The number of nitrogens with one attached hydrogen (secondary N) is 1. The number of benzene rings is 1. The first-order valence-corrected chi connectivity index (χ1v) is 11.3. The van der Waals surface area contributed by atoms with E-state index < -0.39 is 15.7 Å². The van der Waals surface area contributed by atoms with E-state index in [2.05, 4.69) is 5.32 Å². The summed E-state index contributed by atoms with van der Waals surface area (Å²) in [5, 5.41) is 3.12. The van der Waals surface area contributed by atoms with Crippen LogP contribution >= 0.6 is 11.6 Å². The summed E-state index contributed by atoms with van der Waals surface area (Å²) in [6.07, 6.45) is 5.53. The maximum absolute atomic E-state index is 13.9. The van der Waals surface area contributed by atoms with Gasteiger partial charge in [-0.05, 0) is 37.5 Å². The fourth-order valence-electron chi connectivity index (χ4n) is 3.95. The van der Waals surface area contributed by atoms with E-state index >= 15 is 0 Å². The molecule has 1 atom stereocenters. The lowest BCUT2D eigenvalue weighted by molar-refractivity contribution is -0.134. The van der Waals surface area contributed by atoms with Gasteiger partial charge in [0.2, 0.25) is 5.91 Å². The number of hydrogen-bond donors (Lipinski definition) is 1. The van der Waals surface area contributed by atoms with Gasteiger partial charge in [-0.15, -0.1) is 0 Å². The van der Waals surface area contributed by atoms with E-state index in [9.17, 15) is 17.6 Å². The van der Waals surface area contributed by atoms with E-state index in [1.54, 1.807) is 11.0 Å². The lowest BCUT2D eigenvalue weighted by atomic mass is 9.93. The van der Waals surface area contributed by atoms with Crippen molar-refractivity contribution in [3.8, 4) is 0 Å². The fraction of sp³-hybridized carbons (Fsp3) is 0.611. The summed E-state index contributed by atoms with van der Waals surface area (Å²) >= 11 is 5.74. The summed E-state index contributed by atoms with van der Waals surface area (Å²) in [5.74, 6) is -0.524. The predicted octanol–water partition coefficient (Wildman–Crippen LogP) is 3.24. The van der Waals surface area contributed by atoms with Gasteiger partial charge in [-0.1, -0.05) is 30.9 Å². The minimum atomic E-state index is -3.08. The van der Waals surface area contributed by atoms with Crippen LogP contribution in [0.5, 0.6) is 0 Å². The van der Waals surface area contributed by atoms with Crippen LogP contribution in [0.15, 0.2) is 18.2 Å². The average Bonchev–Trinajstić information content (AvgIpc) is 2.95. The van der Waals surface area contributed by atoms with Crippen LogP contribution in [-0.4, -0.2) is 49.4 Å². The van der Waals surface area contributed by atoms with E-state index in [4.69, 9.17) is 11.6 Å². The van der Waals surface area contributed by atoms with E-state index in [1.165, 1.54) is 12.1 Å². The van der Waals surface area contributed by atoms with Crippen molar-refractivity contribution in [1.82, 2.24) is 4.90 Å². The Balaban J connectivity index is 1.71. The molecule has 0 radical (unpaired) electrons. The molecule has 1 saturated heterocycles. The Kier molecular flexibility index (Phi) is 6.07. The van der Waals surface area contributed by atoms with Gasteiger partial charge in [-0.2, -0.15) is 0 Å². The lowest BCUT2D eigenvalue weighted by Gasteiger charge is -2.38. The molecule has 1 N–H and O–H groups in total. The zero-order valence-corrected chi connectivity index (χ0v) is 16.2. The summed E-state index contributed by atoms with van der Waals surface area (Å²) in [6.45, 7) is -0.0639. The molecule has 0 aromatic heterocycles. The van der Waals surface area contributed by atoms with E-state index in [0.29, 0.717) is 11.4 Å². The summed E-state index contributed by atoms with van der Waals surface area (Å²) in [7, 11) is -3.08. The summed E-state index contributed by atoms with van der Waals surface area (Å²) < 4.78 is 37.7. The molecule has 1 heterocycles. The molecule has 1 saturated carbocycles. The maximum Gasteiger partial charge on any atom is 0.242 e. The monoisotopic (exact) mass is 402 g/mol. The first-order valence-electron chi connectivity index (χ1n) is 9.06. The Morgan fingerprint density at radius 3 is 2.54 bits per heavy atom. The van der Waals surface area contributed by atoms with Crippen LogP contribution in [0.2, 0.25) is 5.02 Å². The van der Waals surface area contributed by atoms with E-state index in [0.717, 1.165) is 32.1 Å². The molecule has 2 aliphatic rings. The zero-order valence-electron chi connectivity index (χ0n) is 14.6. The van der Waals surface area contributed by atoms with Crippen molar-refractivity contribution in [2.24, 2.45) is 0 Å². The van der Waals surface area contributed by atoms with Crippen LogP contribution in [0.4, 0.5) is 10.1 Å². The highest BCUT2D eigenvalue weighted by atomic mass is 35.5.